The van der Waals surface area contributed by atoms with Crippen LogP contribution in [0.4, 0.5) is 0 Å². The molecule has 0 aliphatic carbocycles. The summed E-state index contributed by atoms with van der Waals surface area (Å²) >= 11 is 0. The van der Waals surface area contributed by atoms with Crippen LogP contribution in [-0.4, -0.2) is 25.6 Å². The number of benzene rings is 2. The molecule has 126 valence electrons. The smallest absolute Gasteiger partial charge is 0.292 e. The van der Waals surface area contributed by atoms with Gasteiger partial charge in [0.1, 0.15) is 5.75 Å². The van der Waals surface area contributed by atoms with E-state index in [0.29, 0.717) is 17.9 Å². The van der Waals surface area contributed by atoms with Crippen molar-refractivity contribution < 1.29 is 14.3 Å². The molecule has 1 N–H and O–H groups in total. The fourth-order valence-electron chi connectivity index (χ4n) is 2.16. The molecule has 1 amide bonds. The van der Waals surface area contributed by atoms with Gasteiger partial charge < -0.3 is 9.47 Å². The zero-order valence-electron chi connectivity index (χ0n) is 14.2. The summed E-state index contributed by atoms with van der Waals surface area (Å²) < 4.78 is 10.6. The van der Waals surface area contributed by atoms with Crippen molar-refractivity contribution in [2.24, 2.45) is 4.99 Å². The molecule has 0 aromatic heterocycles. The predicted molar refractivity (Wildman–Crippen MR) is 94.4 cm³/mol. The van der Waals surface area contributed by atoms with Crippen molar-refractivity contribution in [3.05, 3.63) is 65.7 Å². The van der Waals surface area contributed by atoms with Gasteiger partial charge in [0.15, 0.2) is 0 Å². The maximum absolute atomic E-state index is 12.4. The molecule has 1 atom stereocenters. The Bertz CT molecular complexity index is 699. The normalized spacial score (nSPS) is 12.4. The largest absolute Gasteiger partial charge is 0.497 e. The van der Waals surface area contributed by atoms with Gasteiger partial charge in [-0.2, -0.15) is 0 Å². The van der Waals surface area contributed by atoms with Crippen LogP contribution in [0, 0.1) is 0 Å². The van der Waals surface area contributed by atoms with Crippen LogP contribution in [0.25, 0.3) is 0 Å². The van der Waals surface area contributed by atoms with E-state index in [4.69, 9.17) is 9.47 Å². The number of amides is 1. The summed E-state index contributed by atoms with van der Waals surface area (Å²) in [4.78, 5) is 16.9. The number of amidine groups is 1. The summed E-state index contributed by atoms with van der Waals surface area (Å²) in [6.07, 6.45) is 0. The van der Waals surface area contributed by atoms with E-state index in [1.165, 1.54) is 0 Å². The number of carbonyl (C=O) groups is 1. The molecule has 2 rings (SSSR count). The van der Waals surface area contributed by atoms with Crippen molar-refractivity contribution in [3.8, 4) is 5.75 Å². The summed E-state index contributed by atoms with van der Waals surface area (Å²) in [6, 6.07) is 16.8. The van der Waals surface area contributed by atoms with Gasteiger partial charge in [-0.3, -0.25) is 10.1 Å². The number of rotatable bonds is 5. The van der Waals surface area contributed by atoms with Crippen LogP contribution in [0.5, 0.6) is 5.75 Å². The molecule has 0 unspecified atom stereocenters. The summed E-state index contributed by atoms with van der Waals surface area (Å²) in [5.74, 6) is 0.330. The molecule has 0 spiro atoms. The van der Waals surface area contributed by atoms with Gasteiger partial charge in [-0.25, -0.2) is 4.99 Å². The van der Waals surface area contributed by atoms with Gasteiger partial charge in [0.2, 0.25) is 0 Å². The van der Waals surface area contributed by atoms with Crippen molar-refractivity contribution in [1.29, 1.82) is 0 Å². The molecule has 0 fully saturated rings. The number of hydrogen-bond acceptors (Lipinski definition) is 4. The van der Waals surface area contributed by atoms with Crippen LogP contribution >= 0.6 is 0 Å². The lowest BCUT2D eigenvalue weighted by molar-refractivity contribution is 0.0965. The Balaban J connectivity index is 2.15. The Kier molecular flexibility index (Phi) is 6.37. The second-order valence-electron chi connectivity index (χ2n) is 5.14. The average Bonchev–Trinajstić information content (AvgIpc) is 2.62. The van der Waals surface area contributed by atoms with Crippen LogP contribution in [-0.2, 0) is 4.74 Å². The van der Waals surface area contributed by atoms with Gasteiger partial charge in [-0.1, -0.05) is 36.4 Å². The second-order valence-corrected chi connectivity index (χ2v) is 5.14. The number of nitrogens with one attached hydrogen (secondary N) is 1. The highest BCUT2D eigenvalue weighted by molar-refractivity contribution is 6.04. The molecule has 5 heteroatoms. The SMILES string of the molecule is CCOC(=N[C@H](C)c1ccccc1)NC(=O)c1cccc(OC)c1. The maximum atomic E-state index is 12.4. The number of hydrogen-bond donors (Lipinski definition) is 1. The van der Waals surface area contributed by atoms with Crippen molar-refractivity contribution >= 4 is 11.9 Å². The molecule has 5 nitrogen and oxygen atoms in total. The van der Waals surface area contributed by atoms with Gasteiger partial charge in [0.25, 0.3) is 11.9 Å². The van der Waals surface area contributed by atoms with E-state index < -0.39 is 0 Å². The number of ether oxygens (including phenoxy) is 2. The lowest BCUT2D eigenvalue weighted by Crippen LogP contribution is -2.33. The Morgan fingerprint density at radius 3 is 2.58 bits per heavy atom. The van der Waals surface area contributed by atoms with Crippen molar-refractivity contribution in [3.63, 3.8) is 0 Å². The van der Waals surface area contributed by atoms with Gasteiger partial charge >= 0.3 is 0 Å². The minimum Gasteiger partial charge on any atom is -0.497 e. The molecule has 0 heterocycles. The highest BCUT2D eigenvalue weighted by atomic mass is 16.5. The molecule has 0 radical (unpaired) electrons. The van der Waals surface area contributed by atoms with Crippen molar-refractivity contribution in [2.45, 2.75) is 19.9 Å². The van der Waals surface area contributed by atoms with E-state index in [1.54, 1.807) is 31.4 Å². The quantitative estimate of drug-likeness (QED) is 0.675. The van der Waals surface area contributed by atoms with Crippen LogP contribution in [0.3, 0.4) is 0 Å². The van der Waals surface area contributed by atoms with Crippen LogP contribution < -0.4 is 10.1 Å². The predicted octanol–water partition coefficient (Wildman–Crippen LogP) is 3.58. The summed E-state index contributed by atoms with van der Waals surface area (Å²) in [7, 11) is 1.56. The third-order valence-corrected chi connectivity index (χ3v) is 3.43. The summed E-state index contributed by atoms with van der Waals surface area (Å²) in [6.45, 7) is 4.21. The molecule has 2 aromatic rings. The average molecular weight is 326 g/mol. The minimum absolute atomic E-state index is 0.127. The van der Waals surface area contributed by atoms with Gasteiger partial charge in [-0.05, 0) is 37.6 Å². The molecule has 0 saturated heterocycles. The van der Waals surface area contributed by atoms with Crippen molar-refractivity contribution in [1.82, 2.24) is 5.32 Å². The first-order valence-corrected chi connectivity index (χ1v) is 7.85. The monoisotopic (exact) mass is 326 g/mol. The Morgan fingerprint density at radius 1 is 1.17 bits per heavy atom. The van der Waals surface area contributed by atoms with Gasteiger partial charge in [0, 0.05) is 5.56 Å². The fourth-order valence-corrected chi connectivity index (χ4v) is 2.16. The number of aliphatic imine (C=N–C) groups is 1. The molecule has 2 aromatic carbocycles. The molecule has 24 heavy (non-hydrogen) atoms. The maximum Gasteiger partial charge on any atom is 0.292 e. The first kappa shape index (κ1) is 17.5. The number of methoxy groups -OCH3 is 1. The molecular weight excluding hydrogens is 304 g/mol. The second kappa shape index (κ2) is 8.72. The van der Waals surface area contributed by atoms with Crippen LogP contribution in [0.2, 0.25) is 0 Å². The van der Waals surface area contributed by atoms with E-state index in [9.17, 15) is 4.79 Å². The molecular formula is C19H22N2O3. The first-order valence-electron chi connectivity index (χ1n) is 7.85. The molecule has 0 saturated carbocycles. The molecule has 0 aliphatic heterocycles. The van der Waals surface area contributed by atoms with E-state index in [1.807, 2.05) is 44.2 Å². The third kappa shape index (κ3) is 4.84. The van der Waals surface area contributed by atoms with Crippen LogP contribution in [0.15, 0.2) is 59.6 Å². The van der Waals surface area contributed by atoms with E-state index in [2.05, 4.69) is 10.3 Å². The number of nitrogens with zero attached hydrogens (tertiary/aromatic N) is 1. The topological polar surface area (TPSA) is 59.9 Å². The Labute approximate surface area is 142 Å². The van der Waals surface area contributed by atoms with Gasteiger partial charge in [-0.15, -0.1) is 0 Å². The van der Waals surface area contributed by atoms with E-state index in [0.717, 1.165) is 5.56 Å². The summed E-state index contributed by atoms with van der Waals surface area (Å²) in [5.41, 5.74) is 1.53. The lowest BCUT2D eigenvalue weighted by Gasteiger charge is -2.13. The zero-order valence-corrected chi connectivity index (χ0v) is 14.2. The molecule has 0 bridgehead atoms. The van der Waals surface area contributed by atoms with E-state index >= 15 is 0 Å². The standard InChI is InChI=1S/C19H22N2O3/c1-4-24-19(20-14(2)15-9-6-5-7-10-15)21-18(22)16-11-8-12-17(13-16)23-3/h5-14H,4H2,1-3H3,(H,20,21,22)/t14-/m1/s1. The molecule has 0 aliphatic rings. The van der Waals surface area contributed by atoms with Crippen molar-refractivity contribution in [2.75, 3.05) is 13.7 Å². The Morgan fingerprint density at radius 2 is 1.92 bits per heavy atom. The lowest BCUT2D eigenvalue weighted by atomic mass is 10.1. The zero-order chi connectivity index (χ0) is 17.4. The summed E-state index contributed by atoms with van der Waals surface area (Å²) in [5, 5.41) is 2.72. The highest BCUT2D eigenvalue weighted by Gasteiger charge is 2.12. The van der Waals surface area contributed by atoms with E-state index in [-0.39, 0.29) is 18.0 Å². The highest BCUT2D eigenvalue weighted by Crippen LogP contribution is 2.16. The van der Waals surface area contributed by atoms with Gasteiger partial charge in [0.05, 0.1) is 19.8 Å². The van der Waals surface area contributed by atoms with Crippen LogP contribution in [0.1, 0.15) is 35.8 Å². The fraction of sp³-hybridized carbons (Fsp3) is 0.263. The minimum atomic E-state index is -0.290. The Hall–Kier alpha value is -2.82. The number of carbonyl (C=O) groups excluding carboxylic acids is 1. The first-order chi connectivity index (χ1) is 11.6. The third-order valence-electron chi connectivity index (χ3n) is 3.43.